The number of benzene rings is 3. The quantitative estimate of drug-likeness (QED) is 0.149. The van der Waals surface area contributed by atoms with Crippen molar-refractivity contribution in [3.8, 4) is 17.2 Å². The minimum atomic E-state index is -0.946. The SMILES string of the molecule is O=C(Cc1ccccc1)C1(C(=O)Cc2ccc(Oc3ccnc4cc(OCCCC5(O)CC5)ccc34)c(F)c2)CC1. The third-order valence-electron chi connectivity index (χ3n) is 8.16. The molecule has 4 aromatic rings. The largest absolute Gasteiger partial charge is 0.494 e. The van der Waals surface area contributed by atoms with Crippen LogP contribution in [0.5, 0.6) is 17.2 Å². The first-order valence-electron chi connectivity index (χ1n) is 14.1. The number of nitrogens with zero attached hydrogens (tertiary/aromatic N) is 1. The molecule has 0 radical (unpaired) electrons. The molecule has 6 rings (SSSR count). The number of ketones is 2. The van der Waals surface area contributed by atoms with Crippen molar-refractivity contribution in [2.75, 3.05) is 6.61 Å². The maximum Gasteiger partial charge on any atom is 0.166 e. The van der Waals surface area contributed by atoms with E-state index in [2.05, 4.69) is 4.98 Å². The van der Waals surface area contributed by atoms with Crippen LogP contribution in [0.3, 0.4) is 0 Å². The number of aliphatic hydroxyl groups is 1. The summed E-state index contributed by atoms with van der Waals surface area (Å²) >= 11 is 0. The lowest BCUT2D eigenvalue weighted by atomic mass is 9.88. The van der Waals surface area contributed by atoms with Gasteiger partial charge in [-0.1, -0.05) is 36.4 Å². The number of hydrogen-bond donors (Lipinski definition) is 1. The third kappa shape index (κ3) is 6.15. The van der Waals surface area contributed by atoms with Gasteiger partial charge in [-0.2, -0.15) is 0 Å². The highest BCUT2D eigenvalue weighted by molar-refractivity contribution is 6.10. The fourth-order valence-electron chi connectivity index (χ4n) is 5.26. The Morgan fingerprint density at radius 2 is 1.61 bits per heavy atom. The number of aromatic nitrogens is 1. The molecule has 2 aliphatic rings. The van der Waals surface area contributed by atoms with Crippen LogP contribution in [0.2, 0.25) is 0 Å². The summed E-state index contributed by atoms with van der Waals surface area (Å²) in [6, 6.07) is 21.0. The minimum absolute atomic E-state index is 0.00200. The van der Waals surface area contributed by atoms with E-state index < -0.39 is 16.8 Å². The van der Waals surface area contributed by atoms with Gasteiger partial charge in [-0.05, 0) is 80.0 Å². The number of carbonyl (C=O) groups is 2. The van der Waals surface area contributed by atoms with E-state index >= 15 is 4.39 Å². The molecule has 0 bridgehead atoms. The van der Waals surface area contributed by atoms with Crippen molar-refractivity contribution in [3.05, 3.63) is 95.9 Å². The summed E-state index contributed by atoms with van der Waals surface area (Å²) in [4.78, 5) is 30.5. The second kappa shape index (κ2) is 11.1. The molecule has 7 heteroatoms. The number of ether oxygens (including phenoxy) is 2. The van der Waals surface area contributed by atoms with Crippen LogP contribution in [0.15, 0.2) is 79.0 Å². The number of rotatable bonds is 13. The van der Waals surface area contributed by atoms with Gasteiger partial charge >= 0.3 is 0 Å². The molecule has 0 amide bonds. The normalized spacial score (nSPS) is 16.2. The van der Waals surface area contributed by atoms with Gasteiger partial charge in [0.2, 0.25) is 0 Å². The Bertz CT molecular complexity index is 1590. The molecule has 0 aliphatic heterocycles. The first-order chi connectivity index (χ1) is 19.8. The summed E-state index contributed by atoms with van der Waals surface area (Å²) in [5.74, 6) is 0.341. The van der Waals surface area contributed by atoms with Crippen LogP contribution in [0.1, 0.15) is 49.7 Å². The Kier molecular flexibility index (Phi) is 7.30. The van der Waals surface area contributed by atoms with Crippen molar-refractivity contribution < 1.29 is 28.6 Å². The molecule has 1 N–H and O–H groups in total. The summed E-state index contributed by atoms with van der Waals surface area (Å²) in [7, 11) is 0. The smallest absolute Gasteiger partial charge is 0.166 e. The molecule has 0 spiro atoms. The maximum atomic E-state index is 15.1. The van der Waals surface area contributed by atoms with Crippen LogP contribution in [0.25, 0.3) is 10.9 Å². The number of pyridine rings is 1. The monoisotopic (exact) mass is 553 g/mol. The Balaban J connectivity index is 1.09. The molecule has 2 saturated carbocycles. The second-order valence-corrected chi connectivity index (χ2v) is 11.3. The third-order valence-corrected chi connectivity index (χ3v) is 8.16. The highest BCUT2D eigenvalue weighted by Gasteiger charge is 2.54. The van der Waals surface area contributed by atoms with Gasteiger partial charge < -0.3 is 14.6 Å². The molecule has 210 valence electrons. The van der Waals surface area contributed by atoms with Gasteiger partial charge in [-0.15, -0.1) is 0 Å². The average Bonchev–Trinajstić information content (AvgIpc) is 3.90. The predicted molar refractivity (Wildman–Crippen MR) is 153 cm³/mol. The molecule has 1 heterocycles. The zero-order valence-corrected chi connectivity index (χ0v) is 22.8. The summed E-state index contributed by atoms with van der Waals surface area (Å²) in [5, 5.41) is 10.7. The zero-order chi connectivity index (χ0) is 28.5. The van der Waals surface area contributed by atoms with Crippen LogP contribution in [0.4, 0.5) is 4.39 Å². The predicted octanol–water partition coefficient (Wildman–Crippen LogP) is 6.55. The molecule has 3 aromatic carbocycles. The lowest BCUT2D eigenvalue weighted by molar-refractivity contribution is -0.133. The van der Waals surface area contributed by atoms with Gasteiger partial charge in [0, 0.05) is 30.5 Å². The van der Waals surface area contributed by atoms with Crippen molar-refractivity contribution in [2.45, 2.75) is 57.0 Å². The molecule has 6 nitrogen and oxygen atoms in total. The molecular formula is C34H32FNO5. The Morgan fingerprint density at radius 1 is 0.854 bits per heavy atom. The van der Waals surface area contributed by atoms with Gasteiger partial charge in [-0.3, -0.25) is 14.6 Å². The van der Waals surface area contributed by atoms with E-state index in [0.29, 0.717) is 47.4 Å². The van der Waals surface area contributed by atoms with Crippen molar-refractivity contribution in [2.24, 2.45) is 5.41 Å². The van der Waals surface area contributed by atoms with E-state index in [-0.39, 0.29) is 30.2 Å². The van der Waals surface area contributed by atoms with Crippen molar-refractivity contribution >= 4 is 22.5 Å². The molecule has 0 atom stereocenters. The van der Waals surface area contributed by atoms with E-state index in [0.717, 1.165) is 31.2 Å². The number of carbonyl (C=O) groups excluding carboxylic acids is 2. The first-order valence-corrected chi connectivity index (χ1v) is 14.1. The highest BCUT2D eigenvalue weighted by Crippen LogP contribution is 2.49. The first kappa shape index (κ1) is 27.1. The van der Waals surface area contributed by atoms with Gasteiger partial charge in [0.25, 0.3) is 0 Å². The maximum absolute atomic E-state index is 15.1. The van der Waals surface area contributed by atoms with Crippen LogP contribution < -0.4 is 9.47 Å². The van der Waals surface area contributed by atoms with Gasteiger partial charge in [-0.25, -0.2) is 4.39 Å². The van der Waals surface area contributed by atoms with E-state index in [1.54, 1.807) is 18.3 Å². The van der Waals surface area contributed by atoms with E-state index in [9.17, 15) is 14.7 Å². The molecule has 41 heavy (non-hydrogen) atoms. The molecule has 0 unspecified atom stereocenters. The van der Waals surface area contributed by atoms with Crippen molar-refractivity contribution in [3.63, 3.8) is 0 Å². The Morgan fingerprint density at radius 3 is 2.32 bits per heavy atom. The van der Waals surface area contributed by atoms with E-state index in [1.165, 1.54) is 12.1 Å². The number of halogens is 1. The fraction of sp³-hybridized carbons (Fsp3) is 0.324. The summed E-state index contributed by atoms with van der Waals surface area (Å²) < 4.78 is 26.9. The standard InChI is InChI=1S/C34H32FNO5/c35-27-19-24(21-32(38)34(15-16-34)31(37)20-23-5-2-1-3-6-23)7-10-30(27)41-29-11-17-36-28-22-25(8-9-26(28)29)40-18-4-12-33(39)13-14-33/h1-3,5-11,17,19,22,39H,4,12-16,18,20-21H2. The summed E-state index contributed by atoms with van der Waals surface area (Å²) in [5.41, 5.74) is 0.621. The van der Waals surface area contributed by atoms with E-state index in [4.69, 9.17) is 9.47 Å². The zero-order valence-electron chi connectivity index (χ0n) is 22.8. The van der Waals surface area contributed by atoms with E-state index in [1.807, 2.05) is 48.5 Å². The van der Waals surface area contributed by atoms with Crippen molar-refractivity contribution in [1.82, 2.24) is 4.98 Å². The van der Waals surface area contributed by atoms with Crippen LogP contribution in [-0.2, 0) is 22.4 Å². The molecule has 2 fully saturated rings. The Labute approximate surface area is 238 Å². The lowest BCUT2D eigenvalue weighted by Crippen LogP contribution is -2.28. The average molecular weight is 554 g/mol. The van der Waals surface area contributed by atoms with Gasteiger partial charge in [0.15, 0.2) is 23.1 Å². The topological polar surface area (TPSA) is 85.7 Å². The van der Waals surface area contributed by atoms with Gasteiger partial charge in [0.1, 0.15) is 11.5 Å². The highest BCUT2D eigenvalue weighted by atomic mass is 19.1. The van der Waals surface area contributed by atoms with Crippen LogP contribution in [-0.4, -0.2) is 33.9 Å². The number of hydrogen-bond acceptors (Lipinski definition) is 6. The minimum Gasteiger partial charge on any atom is -0.494 e. The van der Waals surface area contributed by atoms with Gasteiger partial charge in [0.05, 0.1) is 23.1 Å². The lowest BCUT2D eigenvalue weighted by Gasteiger charge is -2.14. The molecule has 1 aromatic heterocycles. The Hall–Kier alpha value is -4.10. The summed E-state index contributed by atoms with van der Waals surface area (Å²) in [6.45, 7) is 0.506. The van der Waals surface area contributed by atoms with Crippen molar-refractivity contribution in [1.29, 1.82) is 0 Å². The molecule has 0 saturated heterocycles. The van der Waals surface area contributed by atoms with Crippen LogP contribution in [0, 0.1) is 11.2 Å². The van der Waals surface area contributed by atoms with Crippen LogP contribution >= 0.6 is 0 Å². The number of Topliss-reactive ketones (excluding diaryl/α,β-unsaturated/α-hetero) is 2. The second-order valence-electron chi connectivity index (χ2n) is 11.3. The number of fused-ring (bicyclic) bond motifs is 1. The molecular weight excluding hydrogens is 521 g/mol. The fourth-order valence-corrected chi connectivity index (χ4v) is 5.26. The summed E-state index contributed by atoms with van der Waals surface area (Å²) in [6.07, 6.45) is 6.17. The molecule has 2 aliphatic carbocycles.